The highest BCUT2D eigenvalue weighted by molar-refractivity contribution is 9.10. The summed E-state index contributed by atoms with van der Waals surface area (Å²) in [5.74, 6) is -0.303. The van der Waals surface area contributed by atoms with Crippen LogP contribution in [0.1, 0.15) is 18.4 Å². The Morgan fingerprint density at radius 3 is 2.77 bits per heavy atom. The van der Waals surface area contributed by atoms with Crippen LogP contribution in [0.25, 0.3) is 0 Å². The van der Waals surface area contributed by atoms with E-state index in [0.717, 1.165) is 0 Å². The highest BCUT2D eigenvalue weighted by Crippen LogP contribution is 2.32. The maximum absolute atomic E-state index is 13.3. The first-order valence-corrected chi connectivity index (χ1v) is 5.08. The number of benzene rings is 1. The van der Waals surface area contributed by atoms with Gasteiger partial charge in [0.15, 0.2) is 0 Å². The zero-order valence-electron chi connectivity index (χ0n) is 7.15. The minimum absolute atomic E-state index is 0.0342. The summed E-state index contributed by atoms with van der Waals surface area (Å²) in [6.45, 7) is 2.26. The minimum atomic E-state index is -0.269. The summed E-state index contributed by atoms with van der Waals surface area (Å²) in [6.07, 6.45) is 0. The SMILES string of the molecule is CC(CN)c1c(F)ccc(Cl)c1Br. The van der Waals surface area contributed by atoms with E-state index in [2.05, 4.69) is 15.9 Å². The molecule has 0 heterocycles. The van der Waals surface area contributed by atoms with Gasteiger partial charge in [-0.2, -0.15) is 0 Å². The van der Waals surface area contributed by atoms with Crippen molar-refractivity contribution in [2.75, 3.05) is 6.54 Å². The number of hydrogen-bond donors (Lipinski definition) is 1. The lowest BCUT2D eigenvalue weighted by molar-refractivity contribution is 0.588. The van der Waals surface area contributed by atoms with E-state index < -0.39 is 0 Å². The molecule has 1 atom stereocenters. The largest absolute Gasteiger partial charge is 0.330 e. The molecule has 0 aromatic heterocycles. The topological polar surface area (TPSA) is 26.0 Å². The summed E-state index contributed by atoms with van der Waals surface area (Å²) in [5, 5.41) is 0.511. The third-order valence-corrected chi connectivity index (χ3v) is 3.32. The van der Waals surface area contributed by atoms with Gasteiger partial charge in [-0.25, -0.2) is 4.39 Å². The summed E-state index contributed by atoms with van der Waals surface area (Å²) < 4.78 is 13.9. The van der Waals surface area contributed by atoms with Crippen LogP contribution in [0, 0.1) is 5.82 Å². The average molecular weight is 267 g/mol. The molecule has 0 amide bonds. The molecule has 0 fully saturated rings. The van der Waals surface area contributed by atoms with Crippen LogP contribution in [0.4, 0.5) is 4.39 Å². The Bertz CT molecular complexity index is 317. The predicted molar refractivity (Wildman–Crippen MR) is 56.6 cm³/mol. The number of rotatable bonds is 2. The zero-order chi connectivity index (χ0) is 10.0. The van der Waals surface area contributed by atoms with Crippen molar-refractivity contribution in [1.82, 2.24) is 0 Å². The van der Waals surface area contributed by atoms with Crippen molar-refractivity contribution in [3.63, 3.8) is 0 Å². The Labute approximate surface area is 90.2 Å². The molecular weight excluding hydrogens is 256 g/mol. The van der Waals surface area contributed by atoms with Crippen LogP contribution in [0.15, 0.2) is 16.6 Å². The van der Waals surface area contributed by atoms with Crippen LogP contribution in [0.5, 0.6) is 0 Å². The monoisotopic (exact) mass is 265 g/mol. The first-order chi connectivity index (χ1) is 6.07. The molecule has 0 saturated heterocycles. The Morgan fingerprint density at radius 2 is 2.23 bits per heavy atom. The molecule has 13 heavy (non-hydrogen) atoms. The average Bonchev–Trinajstić information content (AvgIpc) is 2.12. The van der Waals surface area contributed by atoms with Gasteiger partial charge < -0.3 is 5.73 Å². The molecule has 0 aliphatic carbocycles. The van der Waals surface area contributed by atoms with Crippen molar-refractivity contribution in [2.24, 2.45) is 5.73 Å². The fourth-order valence-corrected chi connectivity index (χ4v) is 1.99. The molecule has 1 unspecified atom stereocenters. The molecule has 0 aliphatic heterocycles. The molecule has 72 valence electrons. The Hall–Kier alpha value is -0.120. The summed E-state index contributed by atoms with van der Waals surface area (Å²) in [7, 11) is 0. The second kappa shape index (κ2) is 4.40. The molecule has 1 rings (SSSR count). The van der Waals surface area contributed by atoms with E-state index in [1.807, 2.05) is 6.92 Å². The van der Waals surface area contributed by atoms with Gasteiger partial charge in [-0.05, 0) is 40.5 Å². The quantitative estimate of drug-likeness (QED) is 0.817. The fraction of sp³-hybridized carbons (Fsp3) is 0.333. The molecule has 0 spiro atoms. The van der Waals surface area contributed by atoms with Crippen molar-refractivity contribution in [3.8, 4) is 0 Å². The third-order valence-electron chi connectivity index (χ3n) is 1.93. The van der Waals surface area contributed by atoms with Gasteiger partial charge in [0.1, 0.15) is 5.82 Å². The fourth-order valence-electron chi connectivity index (χ4n) is 1.11. The zero-order valence-corrected chi connectivity index (χ0v) is 9.49. The van der Waals surface area contributed by atoms with E-state index in [-0.39, 0.29) is 11.7 Å². The lowest BCUT2D eigenvalue weighted by atomic mass is 10.0. The molecule has 4 heteroatoms. The van der Waals surface area contributed by atoms with Gasteiger partial charge in [0.25, 0.3) is 0 Å². The van der Waals surface area contributed by atoms with E-state index >= 15 is 0 Å². The van der Waals surface area contributed by atoms with Gasteiger partial charge in [-0.3, -0.25) is 0 Å². The summed E-state index contributed by atoms with van der Waals surface area (Å²) in [5.41, 5.74) is 6.01. The standard InChI is InChI=1S/C9H10BrClFN/c1-5(4-13)8-7(12)3-2-6(11)9(8)10/h2-3,5H,4,13H2,1H3. The van der Waals surface area contributed by atoms with Crippen LogP contribution < -0.4 is 5.73 Å². The molecule has 0 saturated carbocycles. The van der Waals surface area contributed by atoms with Gasteiger partial charge >= 0.3 is 0 Å². The number of nitrogens with two attached hydrogens (primary N) is 1. The van der Waals surface area contributed by atoms with Crippen molar-refractivity contribution >= 4 is 27.5 Å². The molecular formula is C9H10BrClFN. The second-order valence-electron chi connectivity index (χ2n) is 2.89. The lowest BCUT2D eigenvalue weighted by Gasteiger charge is -2.13. The normalized spacial score (nSPS) is 13.0. The van der Waals surface area contributed by atoms with Crippen molar-refractivity contribution < 1.29 is 4.39 Å². The predicted octanol–water partition coefficient (Wildman–Crippen LogP) is 3.30. The van der Waals surface area contributed by atoms with Crippen LogP contribution in [0.2, 0.25) is 5.02 Å². The maximum atomic E-state index is 13.3. The second-order valence-corrected chi connectivity index (χ2v) is 4.09. The summed E-state index contributed by atoms with van der Waals surface area (Å²) in [4.78, 5) is 0. The minimum Gasteiger partial charge on any atom is -0.330 e. The summed E-state index contributed by atoms with van der Waals surface area (Å²) in [6, 6.07) is 2.88. The van der Waals surface area contributed by atoms with Crippen molar-refractivity contribution in [2.45, 2.75) is 12.8 Å². The van der Waals surface area contributed by atoms with E-state index in [1.165, 1.54) is 12.1 Å². The van der Waals surface area contributed by atoms with Crippen molar-refractivity contribution in [3.05, 3.63) is 33.0 Å². The molecule has 1 aromatic carbocycles. The highest BCUT2D eigenvalue weighted by atomic mass is 79.9. The van der Waals surface area contributed by atoms with E-state index in [0.29, 0.717) is 21.6 Å². The van der Waals surface area contributed by atoms with Crippen LogP contribution in [-0.4, -0.2) is 6.54 Å². The molecule has 0 aliphatic rings. The first-order valence-electron chi connectivity index (χ1n) is 3.91. The third kappa shape index (κ3) is 2.22. The van der Waals surface area contributed by atoms with Crippen LogP contribution in [-0.2, 0) is 0 Å². The van der Waals surface area contributed by atoms with E-state index in [4.69, 9.17) is 17.3 Å². The van der Waals surface area contributed by atoms with Crippen molar-refractivity contribution in [1.29, 1.82) is 0 Å². The molecule has 0 radical (unpaired) electrons. The van der Waals surface area contributed by atoms with Gasteiger partial charge in [0.2, 0.25) is 0 Å². The van der Waals surface area contributed by atoms with Gasteiger partial charge in [0.05, 0.1) is 5.02 Å². The Kier molecular flexibility index (Phi) is 3.71. The number of hydrogen-bond acceptors (Lipinski definition) is 1. The smallest absolute Gasteiger partial charge is 0.127 e. The van der Waals surface area contributed by atoms with Gasteiger partial charge in [-0.15, -0.1) is 0 Å². The lowest BCUT2D eigenvalue weighted by Crippen LogP contribution is -2.11. The molecule has 0 bridgehead atoms. The Balaban J connectivity index is 3.25. The Morgan fingerprint density at radius 1 is 1.62 bits per heavy atom. The molecule has 1 nitrogen and oxygen atoms in total. The maximum Gasteiger partial charge on any atom is 0.127 e. The summed E-state index contributed by atoms with van der Waals surface area (Å²) >= 11 is 9.08. The molecule has 2 N–H and O–H groups in total. The van der Waals surface area contributed by atoms with Crippen LogP contribution in [0.3, 0.4) is 0 Å². The van der Waals surface area contributed by atoms with E-state index in [9.17, 15) is 4.39 Å². The van der Waals surface area contributed by atoms with Gasteiger partial charge in [-0.1, -0.05) is 18.5 Å². The molecule has 1 aromatic rings. The number of halogens is 3. The van der Waals surface area contributed by atoms with Crippen LogP contribution >= 0.6 is 27.5 Å². The first kappa shape index (κ1) is 11.0. The van der Waals surface area contributed by atoms with Gasteiger partial charge in [0, 0.05) is 10.0 Å². The van der Waals surface area contributed by atoms with E-state index in [1.54, 1.807) is 0 Å². The highest BCUT2D eigenvalue weighted by Gasteiger charge is 2.15.